The van der Waals surface area contributed by atoms with Crippen LogP contribution >= 0.6 is 23.2 Å². The molecule has 0 fully saturated rings. The fraction of sp³-hybridized carbons (Fsp3) is 0.381. The van der Waals surface area contributed by atoms with Gasteiger partial charge in [0.05, 0.1) is 36.1 Å². The summed E-state index contributed by atoms with van der Waals surface area (Å²) in [5, 5.41) is 7.73. The molecule has 0 amide bonds. The maximum atomic E-state index is 6.61. The van der Waals surface area contributed by atoms with E-state index in [0.717, 1.165) is 11.8 Å². The molecular weight excluding hydrogens is 441 g/mol. The monoisotopic (exact) mass is 465 g/mol. The van der Waals surface area contributed by atoms with Crippen LogP contribution in [0.2, 0.25) is 10.0 Å². The highest BCUT2D eigenvalue weighted by Crippen LogP contribution is 2.46. The van der Waals surface area contributed by atoms with Crippen molar-refractivity contribution in [3.8, 4) is 22.8 Å². The van der Waals surface area contributed by atoms with Crippen LogP contribution < -0.4 is 20.1 Å². The normalized spacial score (nSPS) is 12.0. The fourth-order valence-electron chi connectivity index (χ4n) is 3.13. The zero-order chi connectivity index (χ0) is 22.5. The Morgan fingerprint density at radius 2 is 1.71 bits per heavy atom. The Labute approximate surface area is 191 Å². The number of anilines is 2. The van der Waals surface area contributed by atoms with Crippen LogP contribution in [-0.4, -0.2) is 56.0 Å². The van der Waals surface area contributed by atoms with E-state index in [1.54, 1.807) is 26.4 Å². The van der Waals surface area contributed by atoms with Gasteiger partial charge in [0.15, 0.2) is 5.82 Å². The number of ether oxygens (including phenoxy) is 3. The average molecular weight is 466 g/mol. The number of hydrogen-bond donors (Lipinski definition) is 2. The van der Waals surface area contributed by atoms with E-state index in [1.807, 2.05) is 6.07 Å². The van der Waals surface area contributed by atoms with Crippen molar-refractivity contribution in [3.05, 3.63) is 28.4 Å². The van der Waals surface area contributed by atoms with Crippen LogP contribution in [-0.2, 0) is 4.74 Å². The zero-order valence-corrected chi connectivity index (χ0v) is 19.6. The summed E-state index contributed by atoms with van der Waals surface area (Å²) in [6.07, 6.45) is 2.59. The van der Waals surface area contributed by atoms with Crippen molar-refractivity contribution in [2.24, 2.45) is 0 Å². The summed E-state index contributed by atoms with van der Waals surface area (Å²) in [4.78, 5) is 13.7. The van der Waals surface area contributed by atoms with Crippen molar-refractivity contribution in [1.29, 1.82) is 0 Å². The standard InChI is InChI=1S/C21H25Cl2N5O3/c1-6-12(29-3)10-25-20-19-11(9-26-21(24-2)28-19)7-13(27-20)16-17(22)14(30-4)8-15(31-5)18(16)23/h7-9,12H,6,10H2,1-5H3,(H,25,27)(H,24,26,28). The van der Waals surface area contributed by atoms with E-state index in [-0.39, 0.29) is 6.10 Å². The Morgan fingerprint density at radius 1 is 1.03 bits per heavy atom. The molecule has 0 bridgehead atoms. The predicted octanol–water partition coefficient (Wildman–Crippen LogP) is 4.89. The van der Waals surface area contributed by atoms with Crippen molar-refractivity contribution >= 4 is 45.9 Å². The first kappa shape index (κ1) is 23.1. The smallest absolute Gasteiger partial charge is 0.223 e. The predicted molar refractivity (Wildman–Crippen MR) is 125 cm³/mol. The average Bonchev–Trinajstić information content (AvgIpc) is 2.79. The molecule has 8 nitrogen and oxygen atoms in total. The fourth-order valence-corrected chi connectivity index (χ4v) is 3.82. The van der Waals surface area contributed by atoms with Crippen LogP contribution in [0.5, 0.6) is 11.5 Å². The van der Waals surface area contributed by atoms with Crippen molar-refractivity contribution in [2.45, 2.75) is 19.4 Å². The molecular formula is C21H25Cl2N5O3. The lowest BCUT2D eigenvalue weighted by atomic mass is 10.1. The molecule has 166 valence electrons. The van der Waals surface area contributed by atoms with E-state index in [2.05, 4.69) is 27.5 Å². The molecule has 2 heterocycles. The van der Waals surface area contributed by atoms with Crippen LogP contribution in [0.4, 0.5) is 11.8 Å². The molecule has 10 heteroatoms. The molecule has 2 N–H and O–H groups in total. The van der Waals surface area contributed by atoms with Crippen molar-refractivity contribution in [3.63, 3.8) is 0 Å². The largest absolute Gasteiger partial charge is 0.495 e. The van der Waals surface area contributed by atoms with E-state index in [0.29, 0.717) is 56.6 Å². The molecule has 0 spiro atoms. The summed E-state index contributed by atoms with van der Waals surface area (Å²) in [7, 11) is 6.50. The Balaban J connectivity index is 2.23. The number of nitrogens with one attached hydrogen (secondary N) is 2. The molecule has 0 radical (unpaired) electrons. The number of nitrogens with zero attached hydrogens (tertiary/aromatic N) is 3. The molecule has 1 atom stereocenters. The minimum atomic E-state index is 0.0233. The second-order valence-corrected chi connectivity index (χ2v) is 7.42. The lowest BCUT2D eigenvalue weighted by Gasteiger charge is -2.18. The van der Waals surface area contributed by atoms with Gasteiger partial charge in [-0.3, -0.25) is 0 Å². The van der Waals surface area contributed by atoms with Gasteiger partial charge < -0.3 is 24.8 Å². The zero-order valence-electron chi connectivity index (χ0n) is 18.0. The SMILES string of the molecule is CCC(CNc1nc(-c2c(Cl)c(OC)cc(OC)c2Cl)cc2cnc(NC)nc12)OC. The van der Waals surface area contributed by atoms with Gasteiger partial charge in [-0.2, -0.15) is 0 Å². The van der Waals surface area contributed by atoms with Gasteiger partial charge >= 0.3 is 0 Å². The lowest BCUT2D eigenvalue weighted by molar-refractivity contribution is 0.110. The van der Waals surface area contributed by atoms with Crippen LogP contribution in [0.3, 0.4) is 0 Å². The summed E-state index contributed by atoms with van der Waals surface area (Å²) in [6, 6.07) is 3.47. The topological polar surface area (TPSA) is 90.4 Å². The Bertz CT molecular complexity index is 1050. The van der Waals surface area contributed by atoms with Gasteiger partial charge in [-0.1, -0.05) is 30.1 Å². The van der Waals surface area contributed by atoms with Gasteiger partial charge in [0.25, 0.3) is 0 Å². The van der Waals surface area contributed by atoms with E-state index in [9.17, 15) is 0 Å². The van der Waals surface area contributed by atoms with Gasteiger partial charge in [-0.05, 0) is 12.5 Å². The maximum Gasteiger partial charge on any atom is 0.223 e. The van der Waals surface area contributed by atoms with Crippen molar-refractivity contribution in [2.75, 3.05) is 45.6 Å². The summed E-state index contributed by atoms with van der Waals surface area (Å²) >= 11 is 13.2. The first-order valence-electron chi connectivity index (χ1n) is 9.69. The molecule has 0 saturated heterocycles. The van der Waals surface area contributed by atoms with Crippen LogP contribution in [0.15, 0.2) is 18.3 Å². The van der Waals surface area contributed by atoms with Gasteiger partial charge in [-0.15, -0.1) is 0 Å². The number of hydrogen-bond acceptors (Lipinski definition) is 8. The van der Waals surface area contributed by atoms with E-state index in [1.165, 1.54) is 14.2 Å². The lowest BCUT2D eigenvalue weighted by Crippen LogP contribution is -2.21. The van der Waals surface area contributed by atoms with E-state index in [4.69, 9.17) is 42.4 Å². The summed E-state index contributed by atoms with van der Waals surface area (Å²) in [6.45, 7) is 2.61. The number of aromatic nitrogens is 3. The quantitative estimate of drug-likeness (QED) is 0.461. The van der Waals surface area contributed by atoms with E-state index < -0.39 is 0 Å². The van der Waals surface area contributed by atoms with Crippen molar-refractivity contribution in [1.82, 2.24) is 15.0 Å². The molecule has 31 heavy (non-hydrogen) atoms. The first-order valence-corrected chi connectivity index (χ1v) is 10.4. The van der Waals surface area contributed by atoms with Gasteiger partial charge in [0, 0.05) is 43.9 Å². The molecule has 3 rings (SSSR count). The number of rotatable bonds is 9. The highest BCUT2D eigenvalue weighted by Gasteiger charge is 2.22. The number of benzene rings is 1. The molecule has 0 saturated carbocycles. The van der Waals surface area contributed by atoms with Gasteiger partial charge in [0.2, 0.25) is 5.95 Å². The highest BCUT2D eigenvalue weighted by atomic mass is 35.5. The minimum Gasteiger partial charge on any atom is -0.495 e. The van der Waals surface area contributed by atoms with Crippen LogP contribution in [0, 0.1) is 0 Å². The molecule has 2 aromatic heterocycles. The van der Waals surface area contributed by atoms with Crippen LogP contribution in [0.25, 0.3) is 22.2 Å². The van der Waals surface area contributed by atoms with Gasteiger partial charge in [0.1, 0.15) is 17.0 Å². The summed E-state index contributed by atoms with van der Waals surface area (Å²) in [5.41, 5.74) is 1.70. The third kappa shape index (κ3) is 4.71. The van der Waals surface area contributed by atoms with Crippen LogP contribution in [0.1, 0.15) is 13.3 Å². The number of pyridine rings is 1. The third-order valence-corrected chi connectivity index (χ3v) is 5.66. The number of fused-ring (bicyclic) bond motifs is 1. The molecule has 1 aromatic carbocycles. The molecule has 0 aliphatic carbocycles. The molecule has 3 aromatic rings. The molecule has 0 aliphatic heterocycles. The summed E-state index contributed by atoms with van der Waals surface area (Å²) in [5.74, 6) is 1.92. The molecule has 0 aliphatic rings. The maximum absolute atomic E-state index is 6.61. The van der Waals surface area contributed by atoms with E-state index >= 15 is 0 Å². The minimum absolute atomic E-state index is 0.0233. The number of halogens is 2. The van der Waals surface area contributed by atoms with Crippen molar-refractivity contribution < 1.29 is 14.2 Å². The second kappa shape index (κ2) is 10.2. The Hall–Kier alpha value is -2.55. The number of methoxy groups -OCH3 is 3. The molecule has 1 unspecified atom stereocenters. The Kier molecular flexibility index (Phi) is 7.59. The van der Waals surface area contributed by atoms with Gasteiger partial charge in [-0.25, -0.2) is 15.0 Å². The Morgan fingerprint density at radius 3 is 2.26 bits per heavy atom. The second-order valence-electron chi connectivity index (χ2n) is 6.67. The summed E-state index contributed by atoms with van der Waals surface area (Å²) < 4.78 is 16.3. The first-order chi connectivity index (χ1) is 15.0. The third-order valence-electron chi connectivity index (χ3n) is 4.91. The highest BCUT2D eigenvalue weighted by molar-refractivity contribution is 6.41.